The Morgan fingerprint density at radius 3 is 1.92 bits per heavy atom. The van der Waals surface area contributed by atoms with Gasteiger partial charge in [-0.2, -0.15) is 0 Å². The minimum atomic E-state index is 0.0740. The predicted molar refractivity (Wildman–Crippen MR) is 106 cm³/mol. The Kier molecular flexibility index (Phi) is 4.32. The largest absolute Gasteiger partial charge is 0.0683 e. The molecule has 0 spiro atoms. The van der Waals surface area contributed by atoms with Gasteiger partial charge in [0.1, 0.15) is 0 Å². The maximum atomic E-state index is 2.39. The lowest BCUT2D eigenvalue weighted by molar-refractivity contribution is 0.660. The third-order valence-corrected chi connectivity index (χ3v) is 5.04. The average molecular weight is 314 g/mol. The molecule has 0 unspecified atom stereocenters. The molecule has 0 N–H and O–H groups in total. The second-order valence-electron chi connectivity index (χ2n) is 6.75. The summed E-state index contributed by atoms with van der Waals surface area (Å²) in [5.74, 6) is 0. The minimum Gasteiger partial charge on any atom is -0.0683 e. The highest BCUT2D eigenvalue weighted by atomic mass is 14.4. The van der Waals surface area contributed by atoms with E-state index in [9.17, 15) is 0 Å². The smallest absolute Gasteiger partial charge is 0.0159 e. The summed E-state index contributed by atoms with van der Waals surface area (Å²) in [6, 6.07) is 24.4. The van der Waals surface area contributed by atoms with E-state index in [4.69, 9.17) is 0 Å². The van der Waals surface area contributed by atoms with Crippen LogP contribution in [-0.4, -0.2) is 0 Å². The summed E-state index contributed by atoms with van der Waals surface area (Å²) < 4.78 is 0. The standard InChI is InChI=1S/C22H20.C2H6/c1-15-8-4-5-9-17(15)16-12-13-19-18-10-6-7-11-20(18)22(2,3)21(19)14-16;1-2/h4-14H,1-3H3;1-2H3. The molecule has 0 radical (unpaired) electrons. The van der Waals surface area contributed by atoms with Crippen molar-refractivity contribution in [2.75, 3.05) is 0 Å². The van der Waals surface area contributed by atoms with Gasteiger partial charge in [0.15, 0.2) is 0 Å². The molecule has 0 saturated carbocycles. The summed E-state index contributed by atoms with van der Waals surface area (Å²) in [5.41, 5.74) is 9.70. The molecule has 3 aromatic carbocycles. The first-order valence-corrected chi connectivity index (χ1v) is 8.89. The maximum absolute atomic E-state index is 2.39. The highest BCUT2D eigenvalue weighted by Gasteiger charge is 2.35. The summed E-state index contributed by atoms with van der Waals surface area (Å²) in [5, 5.41) is 0. The molecule has 0 amide bonds. The fraction of sp³-hybridized carbons (Fsp3) is 0.250. The summed E-state index contributed by atoms with van der Waals surface area (Å²) >= 11 is 0. The van der Waals surface area contributed by atoms with E-state index in [1.54, 1.807) is 0 Å². The van der Waals surface area contributed by atoms with Gasteiger partial charge in [0, 0.05) is 5.41 Å². The maximum Gasteiger partial charge on any atom is 0.0159 e. The number of hydrogen-bond acceptors (Lipinski definition) is 0. The number of hydrogen-bond donors (Lipinski definition) is 0. The Morgan fingerprint density at radius 2 is 1.21 bits per heavy atom. The molecular formula is C24H26. The van der Waals surface area contributed by atoms with Crippen LogP contribution in [0.25, 0.3) is 22.3 Å². The van der Waals surface area contributed by atoms with Crippen molar-refractivity contribution >= 4 is 0 Å². The first-order valence-electron chi connectivity index (χ1n) is 8.89. The number of rotatable bonds is 1. The van der Waals surface area contributed by atoms with Crippen LogP contribution in [0.5, 0.6) is 0 Å². The summed E-state index contributed by atoms with van der Waals surface area (Å²) in [6.45, 7) is 10.8. The van der Waals surface area contributed by atoms with E-state index < -0.39 is 0 Å². The van der Waals surface area contributed by atoms with Crippen LogP contribution in [0.2, 0.25) is 0 Å². The molecule has 24 heavy (non-hydrogen) atoms. The summed E-state index contributed by atoms with van der Waals surface area (Å²) in [6.07, 6.45) is 0. The molecule has 0 heteroatoms. The lowest BCUT2D eigenvalue weighted by atomic mass is 9.81. The lowest BCUT2D eigenvalue weighted by Gasteiger charge is -2.22. The van der Waals surface area contributed by atoms with Crippen LogP contribution in [-0.2, 0) is 5.41 Å². The lowest BCUT2D eigenvalue weighted by Crippen LogP contribution is -2.14. The zero-order valence-corrected chi connectivity index (χ0v) is 15.4. The van der Waals surface area contributed by atoms with Crippen molar-refractivity contribution in [3.8, 4) is 22.3 Å². The van der Waals surface area contributed by atoms with Crippen molar-refractivity contribution in [1.29, 1.82) is 0 Å². The molecule has 3 aromatic rings. The third-order valence-electron chi connectivity index (χ3n) is 5.04. The molecule has 0 aromatic heterocycles. The SMILES string of the molecule is CC.Cc1ccccc1-c1ccc2c(c1)C(C)(C)c1ccccc1-2. The van der Waals surface area contributed by atoms with Crippen LogP contribution in [0.1, 0.15) is 44.4 Å². The number of aryl methyl sites for hydroxylation is 1. The van der Waals surface area contributed by atoms with E-state index in [1.165, 1.54) is 38.9 Å². The Morgan fingerprint density at radius 1 is 0.625 bits per heavy atom. The normalized spacial score (nSPS) is 13.5. The fourth-order valence-electron chi connectivity index (χ4n) is 3.77. The molecule has 122 valence electrons. The van der Waals surface area contributed by atoms with Crippen molar-refractivity contribution < 1.29 is 0 Å². The second kappa shape index (κ2) is 6.28. The van der Waals surface area contributed by atoms with E-state index in [0.29, 0.717) is 0 Å². The molecule has 0 bridgehead atoms. The third kappa shape index (κ3) is 2.47. The Hall–Kier alpha value is -2.34. The van der Waals surface area contributed by atoms with Crippen molar-refractivity contribution in [2.24, 2.45) is 0 Å². The molecule has 0 heterocycles. The van der Waals surface area contributed by atoms with Gasteiger partial charge in [-0.25, -0.2) is 0 Å². The van der Waals surface area contributed by atoms with Gasteiger partial charge in [0.2, 0.25) is 0 Å². The van der Waals surface area contributed by atoms with Gasteiger partial charge in [0.25, 0.3) is 0 Å². The molecule has 0 fully saturated rings. The van der Waals surface area contributed by atoms with Crippen molar-refractivity contribution in [1.82, 2.24) is 0 Å². The first-order chi connectivity index (χ1) is 11.6. The Bertz CT molecular complexity index is 869. The van der Waals surface area contributed by atoms with Gasteiger partial charge < -0.3 is 0 Å². The zero-order valence-electron chi connectivity index (χ0n) is 15.4. The van der Waals surface area contributed by atoms with Crippen molar-refractivity contribution in [3.05, 3.63) is 83.4 Å². The molecule has 4 rings (SSSR count). The monoisotopic (exact) mass is 314 g/mol. The fourth-order valence-corrected chi connectivity index (χ4v) is 3.77. The average Bonchev–Trinajstić information content (AvgIpc) is 2.85. The van der Waals surface area contributed by atoms with Crippen molar-refractivity contribution in [3.63, 3.8) is 0 Å². The van der Waals surface area contributed by atoms with Crippen LogP contribution in [0.3, 0.4) is 0 Å². The van der Waals surface area contributed by atoms with Crippen LogP contribution >= 0.6 is 0 Å². The minimum absolute atomic E-state index is 0.0740. The summed E-state index contributed by atoms with van der Waals surface area (Å²) in [4.78, 5) is 0. The molecule has 1 aliphatic carbocycles. The van der Waals surface area contributed by atoms with Crippen molar-refractivity contribution in [2.45, 2.75) is 40.0 Å². The molecule has 0 aliphatic heterocycles. The van der Waals surface area contributed by atoms with E-state index in [2.05, 4.69) is 87.5 Å². The first kappa shape index (κ1) is 16.5. The van der Waals surface area contributed by atoms with E-state index in [-0.39, 0.29) is 5.41 Å². The van der Waals surface area contributed by atoms with Crippen LogP contribution in [0, 0.1) is 6.92 Å². The van der Waals surface area contributed by atoms with Gasteiger partial charge in [0.05, 0.1) is 0 Å². The number of fused-ring (bicyclic) bond motifs is 3. The highest BCUT2D eigenvalue weighted by molar-refractivity contribution is 5.83. The van der Waals surface area contributed by atoms with Gasteiger partial charge in [-0.3, -0.25) is 0 Å². The zero-order chi connectivity index (χ0) is 17.3. The van der Waals surface area contributed by atoms with Gasteiger partial charge in [-0.1, -0.05) is 88.4 Å². The second-order valence-corrected chi connectivity index (χ2v) is 6.75. The van der Waals surface area contributed by atoms with E-state index in [1.807, 2.05) is 13.8 Å². The number of benzene rings is 3. The van der Waals surface area contributed by atoms with Crippen LogP contribution < -0.4 is 0 Å². The molecule has 0 nitrogen and oxygen atoms in total. The predicted octanol–water partition coefficient (Wildman–Crippen LogP) is 6.99. The topological polar surface area (TPSA) is 0 Å². The quantitative estimate of drug-likeness (QED) is 0.454. The summed E-state index contributed by atoms with van der Waals surface area (Å²) in [7, 11) is 0. The molecule has 0 saturated heterocycles. The van der Waals surface area contributed by atoms with Crippen LogP contribution in [0.4, 0.5) is 0 Å². The van der Waals surface area contributed by atoms with Gasteiger partial charge in [-0.05, 0) is 51.9 Å². The van der Waals surface area contributed by atoms with Gasteiger partial charge >= 0.3 is 0 Å². The Balaban J connectivity index is 0.000000815. The van der Waals surface area contributed by atoms with Crippen LogP contribution in [0.15, 0.2) is 66.7 Å². The van der Waals surface area contributed by atoms with Gasteiger partial charge in [-0.15, -0.1) is 0 Å². The Labute approximate surface area is 146 Å². The van der Waals surface area contributed by atoms with E-state index >= 15 is 0 Å². The van der Waals surface area contributed by atoms with E-state index in [0.717, 1.165) is 0 Å². The highest BCUT2D eigenvalue weighted by Crippen LogP contribution is 2.49. The molecular weight excluding hydrogens is 288 g/mol. The molecule has 1 aliphatic rings. The molecule has 0 atom stereocenters.